The van der Waals surface area contributed by atoms with Gasteiger partial charge in [-0.2, -0.15) is 21.5 Å². The van der Waals surface area contributed by atoms with Crippen LogP contribution in [0.25, 0.3) is 28.2 Å². The van der Waals surface area contributed by atoms with Crippen LogP contribution >= 0.6 is 22.7 Å². The van der Waals surface area contributed by atoms with E-state index in [1.165, 1.54) is 16.9 Å². The van der Waals surface area contributed by atoms with Gasteiger partial charge in [-0.05, 0) is 66.8 Å². The number of hydrogen-bond acceptors (Lipinski definition) is 8. The Morgan fingerprint density at radius 1 is 0.841 bits per heavy atom. The van der Waals surface area contributed by atoms with Gasteiger partial charge in [0, 0.05) is 33.6 Å². The van der Waals surface area contributed by atoms with Crippen LogP contribution in [0.2, 0.25) is 0 Å². The summed E-state index contributed by atoms with van der Waals surface area (Å²) in [6.45, 7) is 4.17. The Labute approximate surface area is 263 Å². The van der Waals surface area contributed by atoms with Crippen LogP contribution in [0.4, 0.5) is 5.69 Å². The van der Waals surface area contributed by atoms with Gasteiger partial charge in [0.1, 0.15) is 5.69 Å². The summed E-state index contributed by atoms with van der Waals surface area (Å²) < 4.78 is 20.6. The van der Waals surface area contributed by atoms with Crippen LogP contribution in [-0.4, -0.2) is 42.0 Å². The van der Waals surface area contributed by atoms with Crippen molar-refractivity contribution in [1.29, 1.82) is 0 Å². The zero-order valence-corrected chi connectivity index (χ0v) is 26.6. The molecule has 0 radical (unpaired) electrons. The van der Waals surface area contributed by atoms with E-state index in [4.69, 9.17) is 29.4 Å². The highest BCUT2D eigenvalue weighted by Gasteiger charge is 2.18. The Morgan fingerprint density at radius 3 is 2.30 bits per heavy atom. The van der Waals surface area contributed by atoms with Gasteiger partial charge in [-0.3, -0.25) is 0 Å². The summed E-state index contributed by atoms with van der Waals surface area (Å²) in [6.07, 6.45) is 3.84. The van der Waals surface area contributed by atoms with Crippen molar-refractivity contribution in [2.45, 2.75) is 13.8 Å². The minimum Gasteiger partial charge on any atom is -0.493 e. The van der Waals surface area contributed by atoms with Crippen LogP contribution in [0, 0.1) is 13.8 Å². The van der Waals surface area contributed by atoms with Crippen molar-refractivity contribution in [1.82, 2.24) is 14.5 Å². The molecule has 44 heavy (non-hydrogen) atoms. The Hall–Kier alpha value is -4.93. The Balaban J connectivity index is 1.55. The number of rotatable bonds is 9. The number of methoxy groups -OCH3 is 3. The van der Waals surface area contributed by atoms with E-state index >= 15 is 0 Å². The van der Waals surface area contributed by atoms with E-state index in [1.54, 1.807) is 32.7 Å². The van der Waals surface area contributed by atoms with Crippen LogP contribution < -0.4 is 19.0 Å². The number of thiophene rings is 1. The number of ether oxygens (including phenoxy) is 3. The van der Waals surface area contributed by atoms with E-state index < -0.39 is 0 Å². The average molecular weight is 622 g/mol. The zero-order valence-electron chi connectivity index (χ0n) is 25.0. The second kappa shape index (κ2) is 12.7. The molecule has 0 saturated heterocycles. The van der Waals surface area contributed by atoms with Crippen molar-refractivity contribution < 1.29 is 14.2 Å². The highest BCUT2D eigenvalue weighted by molar-refractivity contribution is 7.08. The molecule has 0 aliphatic heterocycles. The molecule has 3 heterocycles. The number of para-hydroxylation sites is 1. The number of hydrogen-bond donors (Lipinski definition) is 0. The van der Waals surface area contributed by atoms with Gasteiger partial charge < -0.3 is 14.2 Å². The third-order valence-electron chi connectivity index (χ3n) is 7.31. The smallest absolute Gasteiger partial charge is 0.211 e. The molecule has 0 saturated carbocycles. The molecule has 0 atom stereocenters. The van der Waals surface area contributed by atoms with Crippen molar-refractivity contribution in [3.05, 3.63) is 111 Å². The molecule has 0 bridgehead atoms. The van der Waals surface area contributed by atoms with Gasteiger partial charge in [-0.15, -0.1) is 11.3 Å². The lowest BCUT2D eigenvalue weighted by atomic mass is 10.1. The number of nitrogens with zero attached hydrogens (tertiary/aromatic N) is 5. The summed E-state index contributed by atoms with van der Waals surface area (Å²) in [7, 11) is 4.81. The van der Waals surface area contributed by atoms with Gasteiger partial charge in [0.15, 0.2) is 11.5 Å². The lowest BCUT2D eigenvalue weighted by molar-refractivity contribution is 0.324. The van der Waals surface area contributed by atoms with Gasteiger partial charge in [0.2, 0.25) is 10.6 Å². The second-order valence-corrected chi connectivity index (χ2v) is 11.5. The molecule has 0 aliphatic rings. The van der Waals surface area contributed by atoms with Crippen LogP contribution in [0.1, 0.15) is 16.7 Å². The first-order chi connectivity index (χ1) is 21.5. The van der Waals surface area contributed by atoms with E-state index in [2.05, 4.69) is 36.7 Å². The average Bonchev–Trinajstić information content (AvgIpc) is 3.82. The maximum atomic E-state index is 5.66. The molecule has 3 aromatic heterocycles. The maximum Gasteiger partial charge on any atom is 0.211 e. The zero-order chi connectivity index (χ0) is 30.6. The first kappa shape index (κ1) is 29.2. The lowest BCUT2D eigenvalue weighted by Crippen LogP contribution is -2.12. The van der Waals surface area contributed by atoms with Crippen molar-refractivity contribution in [2.24, 2.45) is 10.1 Å². The fourth-order valence-corrected chi connectivity index (χ4v) is 6.30. The fraction of sp³-hybridized carbons (Fsp3) is 0.147. The molecule has 0 spiro atoms. The van der Waals surface area contributed by atoms with Crippen LogP contribution in [0.15, 0.2) is 99.2 Å². The predicted molar refractivity (Wildman–Crippen MR) is 178 cm³/mol. The van der Waals surface area contributed by atoms with Gasteiger partial charge in [0.25, 0.3) is 0 Å². The predicted octanol–water partition coefficient (Wildman–Crippen LogP) is 7.89. The molecule has 6 rings (SSSR count). The Morgan fingerprint density at radius 2 is 1.61 bits per heavy atom. The molecule has 10 heteroatoms. The molecule has 0 unspecified atom stereocenters. The molecule has 8 nitrogen and oxygen atoms in total. The van der Waals surface area contributed by atoms with Crippen molar-refractivity contribution >= 4 is 34.6 Å². The van der Waals surface area contributed by atoms with Crippen molar-refractivity contribution in [2.75, 3.05) is 21.3 Å². The minimum absolute atomic E-state index is 0.526. The third kappa shape index (κ3) is 5.69. The largest absolute Gasteiger partial charge is 0.493 e. The van der Waals surface area contributed by atoms with Crippen LogP contribution in [0.3, 0.4) is 0 Å². The van der Waals surface area contributed by atoms with Crippen LogP contribution in [-0.2, 0) is 0 Å². The number of aryl methyl sites for hydroxylation is 1. The summed E-state index contributed by atoms with van der Waals surface area (Å²) in [4.78, 5) is 5.78. The van der Waals surface area contributed by atoms with Gasteiger partial charge in [0.05, 0.1) is 44.6 Å². The molecule has 0 N–H and O–H groups in total. The highest BCUT2D eigenvalue weighted by Crippen LogP contribution is 2.41. The summed E-state index contributed by atoms with van der Waals surface area (Å²) in [5, 5.41) is 16.2. The first-order valence-corrected chi connectivity index (χ1v) is 15.7. The second-order valence-electron chi connectivity index (χ2n) is 9.93. The molecule has 3 aromatic carbocycles. The maximum absolute atomic E-state index is 5.66. The summed E-state index contributed by atoms with van der Waals surface area (Å²) in [5.74, 6) is 1.64. The topological polar surface area (TPSA) is 75.2 Å². The number of thiazole rings is 1. The van der Waals surface area contributed by atoms with E-state index in [0.29, 0.717) is 22.0 Å². The quantitative estimate of drug-likeness (QED) is 0.154. The summed E-state index contributed by atoms with van der Waals surface area (Å²) >= 11 is 3.14. The fourth-order valence-electron chi connectivity index (χ4n) is 4.81. The van der Waals surface area contributed by atoms with E-state index in [1.807, 2.05) is 81.7 Å². The van der Waals surface area contributed by atoms with Crippen LogP contribution in [0.5, 0.6) is 17.2 Å². The monoisotopic (exact) mass is 621 g/mol. The number of benzene rings is 3. The Bertz CT molecular complexity index is 1980. The molecule has 0 fully saturated rings. The van der Waals surface area contributed by atoms with Crippen molar-refractivity contribution in [3.63, 3.8) is 0 Å². The molecular formula is C34H31N5O3S2. The van der Waals surface area contributed by atoms with E-state index in [-0.39, 0.29) is 0 Å². The minimum atomic E-state index is 0.526. The Kier molecular flexibility index (Phi) is 8.44. The molecule has 222 valence electrons. The summed E-state index contributed by atoms with van der Waals surface area (Å²) in [6, 6.07) is 22.1. The van der Waals surface area contributed by atoms with E-state index in [0.717, 1.165) is 45.0 Å². The standard InChI is InChI=1S/C34H31N5O3S2/c1-22-10-9-13-28(23(22)2)36-34-39(29(21-44-34)25-16-30(40-3)33(42-5)31(17-25)41-4)35-18-26-19-38(27-11-7-6-8-12-27)37-32(26)24-14-15-43-20-24/h6-21H,1-5H3/b35-18+,36-34?. The van der Waals surface area contributed by atoms with E-state index in [9.17, 15) is 0 Å². The molecule has 6 aromatic rings. The van der Waals surface area contributed by atoms with Gasteiger partial charge >= 0.3 is 0 Å². The third-order valence-corrected chi connectivity index (χ3v) is 8.81. The molecule has 0 aliphatic carbocycles. The normalized spacial score (nSPS) is 11.8. The lowest BCUT2D eigenvalue weighted by Gasteiger charge is -2.14. The number of aromatic nitrogens is 3. The molecule has 0 amide bonds. The summed E-state index contributed by atoms with van der Waals surface area (Å²) in [5.41, 5.74) is 8.57. The first-order valence-electron chi connectivity index (χ1n) is 13.8. The van der Waals surface area contributed by atoms with Gasteiger partial charge in [-0.25, -0.2) is 14.4 Å². The SMILES string of the molecule is COc1cc(-c2csc(=Nc3cccc(C)c3C)n2/N=C/c2cn(-c3ccccc3)nc2-c2ccsc2)cc(OC)c1OC. The van der Waals surface area contributed by atoms with Crippen molar-refractivity contribution in [3.8, 4) is 45.5 Å². The van der Waals surface area contributed by atoms with Gasteiger partial charge in [-0.1, -0.05) is 30.3 Å². The highest BCUT2D eigenvalue weighted by atomic mass is 32.1. The molecular weight excluding hydrogens is 591 g/mol.